The van der Waals surface area contributed by atoms with Crippen molar-refractivity contribution in [3.05, 3.63) is 6.33 Å². The van der Waals surface area contributed by atoms with Gasteiger partial charge in [0.05, 0.1) is 0 Å². The molecule has 0 fully saturated rings. The Morgan fingerprint density at radius 1 is 1.29 bits per heavy atom. The molecule has 0 N–H and O–H groups in total. The minimum Gasteiger partial charge on any atom is -0.388 e. The number of aromatic nitrogens is 3. The Bertz CT molecular complexity index is 174. The van der Waals surface area contributed by atoms with Crippen LogP contribution in [0.25, 0.3) is 0 Å². The third-order valence-electron chi connectivity index (χ3n) is 0.710. The van der Waals surface area contributed by atoms with Crippen molar-refractivity contribution in [1.82, 2.24) is 15.0 Å². The van der Waals surface area contributed by atoms with Crippen LogP contribution < -0.4 is 4.74 Å². The zero-order valence-electron chi connectivity index (χ0n) is 3.33. The van der Waals surface area contributed by atoms with Gasteiger partial charge >= 0.3 is 12.0 Å². The summed E-state index contributed by atoms with van der Waals surface area (Å²) in [6.07, 6.45) is 1.42. The van der Waals surface area contributed by atoms with Crippen molar-refractivity contribution >= 4 is 0 Å². The summed E-state index contributed by atoms with van der Waals surface area (Å²) in [4.78, 5) is 10.9. The van der Waals surface area contributed by atoms with Crippen molar-refractivity contribution in [2.24, 2.45) is 0 Å². The molecule has 0 saturated heterocycles. The first-order valence-corrected chi connectivity index (χ1v) is 1.82. The van der Waals surface area contributed by atoms with Gasteiger partial charge in [0.1, 0.15) is 6.33 Å². The topological polar surface area (TPSA) is 47.9 Å². The van der Waals surface area contributed by atoms with Crippen molar-refractivity contribution in [2.75, 3.05) is 0 Å². The first-order chi connectivity index (χ1) is 3.45. The molecule has 0 radical (unpaired) electrons. The number of rotatable bonds is 0. The van der Waals surface area contributed by atoms with Crippen LogP contribution in [0.1, 0.15) is 0 Å². The van der Waals surface area contributed by atoms with Gasteiger partial charge in [-0.1, -0.05) is 0 Å². The average Bonchev–Trinajstić information content (AvgIpc) is 1.67. The summed E-state index contributed by atoms with van der Waals surface area (Å²) in [5, 5.41) is 0. The molecule has 0 atom stereocenters. The zero-order valence-corrected chi connectivity index (χ0v) is 3.33. The van der Waals surface area contributed by atoms with Crippen LogP contribution in [0.15, 0.2) is 6.33 Å². The molecule has 0 unspecified atom stereocenters. The highest BCUT2D eigenvalue weighted by molar-refractivity contribution is 5.13. The lowest BCUT2D eigenvalue weighted by Crippen LogP contribution is -2.05. The van der Waals surface area contributed by atoms with E-state index in [-0.39, 0.29) is 0 Å². The molecule has 1 aromatic rings. The van der Waals surface area contributed by atoms with Crippen molar-refractivity contribution in [3.63, 3.8) is 0 Å². The highest BCUT2D eigenvalue weighted by Crippen LogP contribution is 2.20. The Balaban J connectivity index is 2.78. The Morgan fingerprint density at radius 3 is 2.00 bits per heavy atom. The highest BCUT2D eigenvalue weighted by Gasteiger charge is 2.13. The van der Waals surface area contributed by atoms with E-state index in [9.17, 15) is 0 Å². The molecule has 2 aliphatic rings. The maximum Gasteiger partial charge on any atom is 0.330 e. The summed E-state index contributed by atoms with van der Waals surface area (Å²) in [7, 11) is 0. The van der Waals surface area contributed by atoms with E-state index in [1.54, 1.807) is 0 Å². The van der Waals surface area contributed by atoms with E-state index < -0.39 is 0 Å². The standard InChI is InChI=1S/C3HN3O/c1-4-2-6-3(5-1)7-2/h1H. The zero-order chi connectivity index (χ0) is 4.69. The van der Waals surface area contributed by atoms with Crippen LogP contribution in [0, 0.1) is 0 Å². The van der Waals surface area contributed by atoms with Crippen LogP contribution in [-0.2, 0) is 0 Å². The van der Waals surface area contributed by atoms with Crippen molar-refractivity contribution < 1.29 is 4.74 Å². The molecule has 0 saturated carbocycles. The average molecular weight is 95.1 g/mol. The number of nitrogens with zero attached hydrogens (tertiary/aromatic N) is 3. The molecule has 0 aliphatic carbocycles. The van der Waals surface area contributed by atoms with E-state index in [2.05, 4.69) is 19.7 Å². The molecular formula is C3HN3O. The molecule has 2 bridgehead atoms. The van der Waals surface area contributed by atoms with Crippen LogP contribution in [-0.4, -0.2) is 15.0 Å². The quantitative estimate of drug-likeness (QED) is 0.461. The largest absolute Gasteiger partial charge is 0.388 e. The van der Waals surface area contributed by atoms with Gasteiger partial charge in [0.15, 0.2) is 0 Å². The fourth-order valence-electron chi connectivity index (χ4n) is 0.408. The molecule has 0 aromatic carbocycles. The number of hydrogen-bond donors (Lipinski definition) is 0. The molecule has 3 rings (SSSR count). The summed E-state index contributed by atoms with van der Waals surface area (Å²) < 4.78 is 4.68. The second-order valence-corrected chi connectivity index (χ2v) is 1.15. The van der Waals surface area contributed by atoms with Gasteiger partial charge in [-0.25, -0.2) is 0 Å². The lowest BCUT2D eigenvalue weighted by atomic mass is 10.9. The SMILES string of the molecule is c1nc2nc(n1)O2. The maximum absolute atomic E-state index is 4.68. The first-order valence-electron chi connectivity index (χ1n) is 1.82. The Morgan fingerprint density at radius 2 is 1.86 bits per heavy atom. The second-order valence-electron chi connectivity index (χ2n) is 1.15. The summed E-state index contributed by atoms with van der Waals surface area (Å²) >= 11 is 0. The van der Waals surface area contributed by atoms with Crippen LogP contribution in [0.5, 0.6) is 12.0 Å². The van der Waals surface area contributed by atoms with Gasteiger partial charge in [-0.15, -0.1) is 4.98 Å². The van der Waals surface area contributed by atoms with E-state index in [0.717, 1.165) is 0 Å². The molecule has 1 aromatic heterocycles. The first kappa shape index (κ1) is 2.90. The van der Waals surface area contributed by atoms with Crippen LogP contribution >= 0.6 is 0 Å². The molecule has 4 nitrogen and oxygen atoms in total. The van der Waals surface area contributed by atoms with Gasteiger partial charge in [-0.2, -0.15) is 9.97 Å². The van der Waals surface area contributed by atoms with Crippen molar-refractivity contribution in [3.8, 4) is 12.0 Å². The van der Waals surface area contributed by atoms with E-state index >= 15 is 0 Å². The third-order valence-corrected chi connectivity index (χ3v) is 0.710. The van der Waals surface area contributed by atoms with Crippen LogP contribution in [0.4, 0.5) is 0 Å². The van der Waals surface area contributed by atoms with Crippen LogP contribution in [0.3, 0.4) is 0 Å². The van der Waals surface area contributed by atoms with Gasteiger partial charge < -0.3 is 4.74 Å². The normalized spacial score (nSPS) is 12.0. The van der Waals surface area contributed by atoms with E-state index in [4.69, 9.17) is 0 Å². The summed E-state index contributed by atoms with van der Waals surface area (Å²) in [5.41, 5.74) is 0. The minimum absolute atomic E-state index is 0.421. The van der Waals surface area contributed by atoms with Gasteiger partial charge in [0, 0.05) is 0 Å². The summed E-state index contributed by atoms with van der Waals surface area (Å²) in [5.74, 6) is 0. The molecule has 4 heteroatoms. The lowest BCUT2D eigenvalue weighted by molar-refractivity contribution is 0.331. The van der Waals surface area contributed by atoms with Crippen molar-refractivity contribution in [2.45, 2.75) is 0 Å². The molecule has 0 spiro atoms. The Labute approximate surface area is 39.2 Å². The molecular weight excluding hydrogens is 94.1 g/mol. The maximum atomic E-state index is 4.68. The van der Waals surface area contributed by atoms with Gasteiger partial charge in [0.2, 0.25) is 0 Å². The Kier molecular flexibility index (Phi) is 0.300. The predicted molar refractivity (Wildman–Crippen MR) is 19.9 cm³/mol. The smallest absolute Gasteiger partial charge is 0.330 e. The van der Waals surface area contributed by atoms with E-state index in [1.807, 2.05) is 0 Å². The third kappa shape index (κ3) is 0.231. The lowest BCUT2D eigenvalue weighted by Gasteiger charge is -2.07. The molecule has 3 heterocycles. The number of hydrogen-bond acceptors (Lipinski definition) is 4. The van der Waals surface area contributed by atoms with Gasteiger partial charge in [-0.05, 0) is 0 Å². The fourth-order valence-corrected chi connectivity index (χ4v) is 0.408. The number of fused-ring (bicyclic) bond motifs is 2. The monoisotopic (exact) mass is 95.0 g/mol. The molecule has 7 heavy (non-hydrogen) atoms. The summed E-state index contributed by atoms with van der Waals surface area (Å²) in [6.45, 7) is 0. The second kappa shape index (κ2) is 0.726. The van der Waals surface area contributed by atoms with Crippen LogP contribution in [0.2, 0.25) is 0 Å². The van der Waals surface area contributed by atoms with E-state index in [0.29, 0.717) is 12.0 Å². The summed E-state index contributed by atoms with van der Waals surface area (Å²) in [6, 6.07) is 0.843. The number of ether oxygens (including phenoxy) is 1. The fraction of sp³-hybridized carbons (Fsp3) is 0. The van der Waals surface area contributed by atoms with Crippen molar-refractivity contribution in [1.29, 1.82) is 0 Å². The highest BCUT2D eigenvalue weighted by atomic mass is 16.5. The van der Waals surface area contributed by atoms with Gasteiger partial charge in [-0.3, -0.25) is 0 Å². The molecule has 0 amide bonds. The molecule has 2 aliphatic heterocycles. The predicted octanol–water partition coefficient (Wildman–Crippen LogP) is -0.0227. The Hall–Kier alpha value is -1.19. The molecule has 34 valence electrons. The van der Waals surface area contributed by atoms with E-state index in [1.165, 1.54) is 6.33 Å². The minimum atomic E-state index is 0.421. The van der Waals surface area contributed by atoms with Gasteiger partial charge in [0.25, 0.3) is 0 Å².